The molecule has 0 bridgehead atoms. The van der Waals surface area contributed by atoms with Gasteiger partial charge in [-0.05, 0) is 53.6 Å². The average molecular weight is 695 g/mol. The van der Waals surface area contributed by atoms with Gasteiger partial charge in [-0.2, -0.15) is 0 Å². The van der Waals surface area contributed by atoms with E-state index in [1.165, 1.54) is 10.5 Å². The Morgan fingerprint density at radius 1 is 0.920 bits per heavy atom. The van der Waals surface area contributed by atoms with Gasteiger partial charge in [0.05, 0.1) is 12.6 Å². The number of primary amides is 1. The lowest BCUT2D eigenvalue weighted by molar-refractivity contribution is -0.143. The summed E-state index contributed by atoms with van der Waals surface area (Å²) in [4.78, 5) is 82.7. The summed E-state index contributed by atoms with van der Waals surface area (Å²) in [5.41, 5.74) is 6.77. The summed E-state index contributed by atoms with van der Waals surface area (Å²) in [7, 11) is 0. The number of ether oxygens (including phenoxy) is 1. The van der Waals surface area contributed by atoms with Gasteiger partial charge in [0.2, 0.25) is 17.6 Å². The van der Waals surface area contributed by atoms with Crippen molar-refractivity contribution in [2.45, 2.75) is 123 Å². The summed E-state index contributed by atoms with van der Waals surface area (Å²) in [5.74, 6) is -2.22. The Balaban J connectivity index is 1.34. The smallest absolute Gasteiger partial charge is 0.410 e. The Labute approximate surface area is 294 Å². The number of benzene rings is 1. The number of nitrogens with two attached hydrogens (primary N) is 1. The molecule has 5 N–H and O–H groups in total. The van der Waals surface area contributed by atoms with E-state index in [0.29, 0.717) is 25.4 Å². The van der Waals surface area contributed by atoms with Crippen molar-refractivity contribution in [2.24, 2.45) is 28.9 Å². The first kappa shape index (κ1) is 37.1. The fraction of sp³-hybridized carbons (Fsp3) is 0.676. The van der Waals surface area contributed by atoms with Crippen molar-refractivity contribution in [1.29, 1.82) is 0 Å². The predicted octanol–water partition coefficient (Wildman–Crippen LogP) is 3.03. The van der Waals surface area contributed by atoms with E-state index in [9.17, 15) is 28.8 Å². The maximum absolute atomic E-state index is 14.4. The third-order valence-corrected chi connectivity index (χ3v) is 10.4. The molecule has 3 fully saturated rings. The Hall–Kier alpha value is -4.16. The summed E-state index contributed by atoms with van der Waals surface area (Å²) in [5, 5.41) is 8.65. The zero-order valence-corrected chi connectivity index (χ0v) is 30.0. The second-order valence-electron chi connectivity index (χ2n) is 16.1. The van der Waals surface area contributed by atoms with Crippen LogP contribution in [-0.4, -0.2) is 88.8 Å². The number of nitrogens with zero attached hydrogens (tertiary/aromatic N) is 2. The van der Waals surface area contributed by atoms with Gasteiger partial charge < -0.3 is 36.2 Å². The molecule has 2 aliphatic carbocycles. The molecule has 1 aromatic rings. The monoisotopic (exact) mass is 694 g/mol. The molecule has 6 amide bonds. The van der Waals surface area contributed by atoms with Gasteiger partial charge >= 0.3 is 12.1 Å². The van der Waals surface area contributed by atoms with Crippen LogP contribution >= 0.6 is 0 Å². The fourth-order valence-electron chi connectivity index (χ4n) is 6.97. The topological polar surface area (TPSA) is 180 Å². The predicted molar refractivity (Wildman–Crippen MR) is 185 cm³/mol. The quantitative estimate of drug-likeness (QED) is 0.229. The largest absolute Gasteiger partial charge is 0.444 e. The van der Waals surface area contributed by atoms with Crippen molar-refractivity contribution in [1.82, 2.24) is 25.8 Å². The molecular formula is C37H54N6O7. The number of hydrogen-bond donors (Lipinski definition) is 4. The first-order valence-electron chi connectivity index (χ1n) is 18.1. The molecule has 1 aromatic carbocycles. The molecule has 274 valence electrons. The first-order valence-corrected chi connectivity index (χ1v) is 18.1. The number of rotatable bonds is 13. The van der Waals surface area contributed by atoms with E-state index in [-0.39, 0.29) is 37.3 Å². The van der Waals surface area contributed by atoms with E-state index in [1.54, 1.807) is 4.90 Å². The van der Waals surface area contributed by atoms with Crippen LogP contribution in [-0.2, 0) is 36.9 Å². The molecular weight excluding hydrogens is 640 g/mol. The molecule has 1 saturated heterocycles. The van der Waals surface area contributed by atoms with E-state index in [2.05, 4.69) is 29.8 Å². The molecule has 2 saturated carbocycles. The highest BCUT2D eigenvalue weighted by Gasteiger charge is 2.47. The third kappa shape index (κ3) is 9.54. The number of hydrogen-bond acceptors (Lipinski definition) is 7. The van der Waals surface area contributed by atoms with E-state index >= 15 is 0 Å². The number of amides is 6. The number of fused-ring (bicyclic) bond motifs is 1. The number of carbonyl (C=O) groups is 6. The van der Waals surface area contributed by atoms with Crippen LogP contribution in [0.2, 0.25) is 0 Å². The van der Waals surface area contributed by atoms with Gasteiger partial charge in [-0.1, -0.05) is 84.6 Å². The van der Waals surface area contributed by atoms with Crippen molar-refractivity contribution in [3.63, 3.8) is 0 Å². The van der Waals surface area contributed by atoms with Gasteiger partial charge in [-0.25, -0.2) is 9.59 Å². The molecule has 13 heteroatoms. The molecule has 50 heavy (non-hydrogen) atoms. The molecule has 0 radical (unpaired) electrons. The summed E-state index contributed by atoms with van der Waals surface area (Å²) in [6, 6.07) is 4.09. The lowest BCUT2D eigenvalue weighted by Gasteiger charge is -2.36. The SMILES string of the molecule is CC(C)[C@@H](CC1CC1)NC(=O)N[C@H](C(=O)N1CC(OC(=O)N2CCc3ccccc3C2)C[C@H]1C(=O)NC(CC1CC1)C(=O)C(N)=O)C(C)(C)C. The molecule has 5 atom stereocenters. The van der Waals surface area contributed by atoms with Gasteiger partial charge in [0.15, 0.2) is 0 Å². The van der Waals surface area contributed by atoms with E-state index < -0.39 is 65.3 Å². The van der Waals surface area contributed by atoms with Gasteiger partial charge in [-0.3, -0.25) is 19.2 Å². The molecule has 13 nitrogen and oxygen atoms in total. The summed E-state index contributed by atoms with van der Waals surface area (Å²) in [6.07, 6.45) is 4.49. The molecule has 0 spiro atoms. The Bertz CT molecular complexity index is 1470. The van der Waals surface area contributed by atoms with Crippen LogP contribution in [0, 0.1) is 23.2 Å². The Kier molecular flexibility index (Phi) is 11.4. The second-order valence-corrected chi connectivity index (χ2v) is 16.1. The average Bonchev–Trinajstić information content (AvgIpc) is 4.00. The van der Waals surface area contributed by atoms with Crippen molar-refractivity contribution >= 4 is 35.6 Å². The Morgan fingerprint density at radius 2 is 1.56 bits per heavy atom. The van der Waals surface area contributed by atoms with Gasteiger partial charge in [-0.15, -0.1) is 0 Å². The lowest BCUT2D eigenvalue weighted by Crippen LogP contribution is -2.60. The highest BCUT2D eigenvalue weighted by molar-refractivity contribution is 6.37. The summed E-state index contributed by atoms with van der Waals surface area (Å²) in [6.45, 7) is 10.4. The van der Waals surface area contributed by atoms with Crippen LogP contribution in [0.25, 0.3) is 0 Å². The van der Waals surface area contributed by atoms with Crippen LogP contribution < -0.4 is 21.7 Å². The summed E-state index contributed by atoms with van der Waals surface area (Å²) < 4.78 is 5.93. The maximum Gasteiger partial charge on any atom is 0.410 e. The zero-order chi connectivity index (χ0) is 36.3. The van der Waals surface area contributed by atoms with Gasteiger partial charge in [0, 0.05) is 25.6 Å². The van der Waals surface area contributed by atoms with Crippen molar-refractivity contribution in [2.75, 3.05) is 13.1 Å². The van der Waals surface area contributed by atoms with Crippen molar-refractivity contribution in [3.05, 3.63) is 35.4 Å². The number of likely N-dealkylation sites (tertiary alicyclic amines) is 1. The lowest BCUT2D eigenvalue weighted by atomic mass is 9.85. The maximum atomic E-state index is 14.4. The van der Waals surface area contributed by atoms with Gasteiger partial charge in [0.1, 0.15) is 18.2 Å². The standard InChI is InChI=1S/C37H54N6O7/c1-21(2)27(16-22-10-11-22)40-35(48)41-31(37(3,4)5)34(47)43-20-26(50-36(49)42-15-14-24-8-6-7-9-25(24)19-42)18-29(43)33(46)39-28(17-23-12-13-23)30(44)32(38)45/h6-9,21-23,26-29,31H,10-20H2,1-5H3,(H2,38,45)(H,39,46)(H2,40,41,48)/t26?,27-,28?,29+,31-/m1/s1. The van der Waals surface area contributed by atoms with Crippen molar-refractivity contribution < 1.29 is 33.5 Å². The number of ketones is 1. The van der Waals surface area contributed by atoms with E-state index in [0.717, 1.165) is 37.7 Å². The van der Waals surface area contributed by atoms with Crippen LogP contribution in [0.15, 0.2) is 24.3 Å². The van der Waals surface area contributed by atoms with Crippen LogP contribution in [0.3, 0.4) is 0 Å². The van der Waals surface area contributed by atoms with Crippen LogP contribution in [0.4, 0.5) is 9.59 Å². The minimum absolute atomic E-state index is 0.0193. The fourth-order valence-corrected chi connectivity index (χ4v) is 6.97. The highest BCUT2D eigenvalue weighted by Crippen LogP contribution is 2.35. The van der Waals surface area contributed by atoms with Crippen LogP contribution in [0.1, 0.15) is 90.7 Å². The van der Waals surface area contributed by atoms with E-state index in [4.69, 9.17) is 10.5 Å². The minimum atomic E-state index is -1.14. The second kappa shape index (κ2) is 15.4. The van der Waals surface area contributed by atoms with Crippen molar-refractivity contribution in [3.8, 4) is 0 Å². The molecule has 2 aliphatic heterocycles. The molecule has 5 rings (SSSR count). The van der Waals surface area contributed by atoms with Gasteiger partial charge in [0.25, 0.3) is 5.91 Å². The zero-order valence-electron chi connectivity index (χ0n) is 30.0. The number of carbonyl (C=O) groups excluding carboxylic acids is 6. The summed E-state index contributed by atoms with van der Waals surface area (Å²) >= 11 is 0. The normalized spacial score (nSPS) is 22.2. The van der Waals surface area contributed by atoms with Crippen LogP contribution in [0.5, 0.6) is 0 Å². The van der Waals surface area contributed by atoms with E-state index in [1.807, 2.05) is 45.0 Å². The number of nitrogens with one attached hydrogen (secondary N) is 3. The molecule has 2 heterocycles. The number of Topliss-reactive ketones (excluding diaryl/α,β-unsaturated/α-hetero) is 1. The highest BCUT2D eigenvalue weighted by atomic mass is 16.6. The Morgan fingerprint density at radius 3 is 2.16 bits per heavy atom. The first-order chi connectivity index (χ1) is 23.6. The number of urea groups is 1. The third-order valence-electron chi connectivity index (χ3n) is 10.4. The molecule has 0 aromatic heterocycles. The minimum Gasteiger partial charge on any atom is -0.444 e. The molecule has 2 unspecified atom stereocenters. The molecule has 4 aliphatic rings.